The quantitative estimate of drug-likeness (QED) is 0.782. The van der Waals surface area contributed by atoms with E-state index in [2.05, 4.69) is 16.5 Å². The molecule has 1 aromatic heterocycles. The van der Waals surface area contributed by atoms with E-state index in [1.54, 1.807) is 0 Å². The Balaban J connectivity index is 2.35. The van der Waals surface area contributed by atoms with Gasteiger partial charge in [0.05, 0.1) is 12.0 Å². The molecule has 0 unspecified atom stereocenters. The maximum Gasteiger partial charge on any atom is 0.0953 e. The van der Waals surface area contributed by atoms with E-state index < -0.39 is 0 Å². The normalized spacial score (nSPS) is 22.5. The zero-order valence-corrected chi connectivity index (χ0v) is 9.03. The molecule has 0 radical (unpaired) electrons. The number of nitrogens with two attached hydrogens (primary N) is 1. The predicted octanol–water partition coefficient (Wildman–Crippen LogP) is 2.19. The Kier molecular flexibility index (Phi) is 2.35. The highest BCUT2D eigenvalue weighted by Crippen LogP contribution is 2.37. The summed E-state index contributed by atoms with van der Waals surface area (Å²) in [6.07, 6.45) is 8.99. The van der Waals surface area contributed by atoms with Gasteiger partial charge in [-0.3, -0.25) is 0 Å². The van der Waals surface area contributed by atoms with Crippen LogP contribution in [0.1, 0.15) is 51.3 Å². The first kappa shape index (κ1) is 9.71. The van der Waals surface area contributed by atoms with Gasteiger partial charge in [-0.25, -0.2) is 4.98 Å². The lowest BCUT2D eigenvalue weighted by Gasteiger charge is -2.28. The van der Waals surface area contributed by atoms with Gasteiger partial charge in [0.15, 0.2) is 0 Å². The molecule has 0 amide bonds. The van der Waals surface area contributed by atoms with Gasteiger partial charge in [0.2, 0.25) is 0 Å². The Morgan fingerprint density at radius 2 is 2.14 bits per heavy atom. The van der Waals surface area contributed by atoms with Crippen LogP contribution in [0.25, 0.3) is 0 Å². The lowest BCUT2D eigenvalue weighted by atomic mass is 9.99. The Morgan fingerprint density at radius 3 is 2.71 bits per heavy atom. The molecule has 1 aromatic rings. The summed E-state index contributed by atoms with van der Waals surface area (Å²) in [5.41, 5.74) is 7.35. The Morgan fingerprint density at radius 1 is 1.50 bits per heavy atom. The van der Waals surface area contributed by atoms with E-state index in [-0.39, 0.29) is 11.6 Å². The van der Waals surface area contributed by atoms with E-state index in [1.165, 1.54) is 25.7 Å². The molecular weight excluding hydrogens is 174 g/mol. The fourth-order valence-corrected chi connectivity index (χ4v) is 2.47. The van der Waals surface area contributed by atoms with Gasteiger partial charge in [0.1, 0.15) is 0 Å². The van der Waals surface area contributed by atoms with E-state index in [1.807, 2.05) is 19.4 Å². The van der Waals surface area contributed by atoms with Crippen LogP contribution in [0.15, 0.2) is 12.5 Å². The van der Waals surface area contributed by atoms with Gasteiger partial charge in [0.25, 0.3) is 0 Å². The van der Waals surface area contributed by atoms with Crippen molar-refractivity contribution in [2.24, 2.45) is 5.73 Å². The Labute approximate surface area is 85.3 Å². The number of rotatable bonds is 2. The van der Waals surface area contributed by atoms with Crippen molar-refractivity contribution in [3.05, 3.63) is 18.2 Å². The van der Waals surface area contributed by atoms with Crippen LogP contribution in [-0.4, -0.2) is 9.55 Å². The lowest BCUT2D eigenvalue weighted by molar-refractivity contribution is 0.315. The summed E-state index contributed by atoms with van der Waals surface area (Å²) in [4.78, 5) is 4.22. The maximum absolute atomic E-state index is 5.92. The molecule has 1 saturated carbocycles. The monoisotopic (exact) mass is 193 g/mol. The molecular formula is C11H19N3. The van der Waals surface area contributed by atoms with Gasteiger partial charge in [-0.2, -0.15) is 0 Å². The first-order valence-electron chi connectivity index (χ1n) is 5.42. The molecule has 1 atom stereocenters. The third-order valence-corrected chi connectivity index (χ3v) is 3.40. The molecule has 0 bridgehead atoms. The summed E-state index contributed by atoms with van der Waals surface area (Å²) in [6.45, 7) is 4.33. The van der Waals surface area contributed by atoms with E-state index in [0.29, 0.717) is 0 Å². The zero-order valence-electron chi connectivity index (χ0n) is 9.03. The fraction of sp³-hybridized carbons (Fsp3) is 0.727. The van der Waals surface area contributed by atoms with Gasteiger partial charge in [-0.1, -0.05) is 12.8 Å². The fourth-order valence-electron chi connectivity index (χ4n) is 2.47. The lowest BCUT2D eigenvalue weighted by Crippen LogP contribution is -2.29. The van der Waals surface area contributed by atoms with Gasteiger partial charge < -0.3 is 10.3 Å². The summed E-state index contributed by atoms with van der Waals surface area (Å²) < 4.78 is 2.28. The first-order chi connectivity index (χ1) is 6.63. The molecule has 0 aromatic carbocycles. The van der Waals surface area contributed by atoms with Crippen molar-refractivity contribution >= 4 is 0 Å². The molecule has 1 fully saturated rings. The van der Waals surface area contributed by atoms with Crippen LogP contribution in [0, 0.1) is 0 Å². The molecule has 2 N–H and O–H groups in total. The van der Waals surface area contributed by atoms with E-state index in [0.717, 1.165) is 5.69 Å². The smallest absolute Gasteiger partial charge is 0.0953 e. The molecule has 1 aliphatic carbocycles. The highest BCUT2D eigenvalue weighted by Gasteiger charge is 2.32. The van der Waals surface area contributed by atoms with Gasteiger partial charge in [0, 0.05) is 17.8 Å². The average Bonchev–Trinajstić information content (AvgIpc) is 2.71. The molecule has 0 spiro atoms. The average molecular weight is 193 g/mol. The minimum absolute atomic E-state index is 0.0786. The van der Waals surface area contributed by atoms with Crippen LogP contribution in [-0.2, 0) is 5.54 Å². The van der Waals surface area contributed by atoms with Crippen LogP contribution < -0.4 is 5.73 Å². The molecule has 2 rings (SSSR count). The van der Waals surface area contributed by atoms with Gasteiger partial charge >= 0.3 is 0 Å². The summed E-state index contributed by atoms with van der Waals surface area (Å²) >= 11 is 0. The van der Waals surface area contributed by atoms with Gasteiger partial charge in [-0.05, 0) is 26.7 Å². The van der Waals surface area contributed by atoms with Crippen LogP contribution >= 0.6 is 0 Å². The second kappa shape index (κ2) is 3.39. The van der Waals surface area contributed by atoms with Crippen molar-refractivity contribution in [1.29, 1.82) is 0 Å². The number of hydrogen-bond acceptors (Lipinski definition) is 2. The van der Waals surface area contributed by atoms with E-state index in [4.69, 9.17) is 5.73 Å². The second-order valence-electron chi connectivity index (χ2n) is 4.68. The van der Waals surface area contributed by atoms with E-state index >= 15 is 0 Å². The topological polar surface area (TPSA) is 43.8 Å². The summed E-state index contributed by atoms with van der Waals surface area (Å²) in [5, 5.41) is 0. The second-order valence-corrected chi connectivity index (χ2v) is 4.68. The number of aromatic nitrogens is 2. The number of nitrogens with zero attached hydrogens (tertiary/aromatic N) is 2. The summed E-state index contributed by atoms with van der Waals surface area (Å²) in [5.74, 6) is 0. The summed E-state index contributed by atoms with van der Waals surface area (Å²) in [6, 6.07) is 0.0786. The third kappa shape index (κ3) is 1.46. The molecule has 14 heavy (non-hydrogen) atoms. The molecule has 0 aliphatic heterocycles. The van der Waals surface area contributed by atoms with Crippen molar-refractivity contribution in [1.82, 2.24) is 9.55 Å². The molecule has 78 valence electrons. The number of imidazole rings is 1. The highest BCUT2D eigenvalue weighted by atomic mass is 15.1. The molecule has 3 heteroatoms. The van der Waals surface area contributed by atoms with Crippen LogP contribution in [0.3, 0.4) is 0 Å². The highest BCUT2D eigenvalue weighted by molar-refractivity contribution is 5.08. The van der Waals surface area contributed by atoms with Crippen LogP contribution in [0.2, 0.25) is 0 Å². The maximum atomic E-state index is 5.92. The van der Waals surface area contributed by atoms with Crippen molar-refractivity contribution in [2.75, 3.05) is 0 Å². The molecule has 0 saturated heterocycles. The standard InChI is InChI=1S/C11H19N3/c1-9(12)10-7-13-8-14(10)11(2)5-3-4-6-11/h7-9H,3-6,12H2,1-2H3/t9-/m1/s1. The summed E-state index contributed by atoms with van der Waals surface area (Å²) in [7, 11) is 0. The van der Waals surface area contributed by atoms with Crippen molar-refractivity contribution in [2.45, 2.75) is 51.1 Å². The van der Waals surface area contributed by atoms with Gasteiger partial charge in [-0.15, -0.1) is 0 Å². The first-order valence-corrected chi connectivity index (χ1v) is 5.42. The SMILES string of the molecule is C[C@@H](N)c1cncn1C1(C)CCCC1. The molecule has 1 aliphatic rings. The minimum atomic E-state index is 0.0786. The minimum Gasteiger partial charge on any atom is -0.327 e. The molecule has 3 nitrogen and oxygen atoms in total. The van der Waals surface area contributed by atoms with E-state index in [9.17, 15) is 0 Å². The van der Waals surface area contributed by atoms with Crippen LogP contribution in [0.5, 0.6) is 0 Å². The third-order valence-electron chi connectivity index (χ3n) is 3.40. The largest absolute Gasteiger partial charge is 0.327 e. The van der Waals surface area contributed by atoms with Crippen LogP contribution in [0.4, 0.5) is 0 Å². The number of hydrogen-bond donors (Lipinski definition) is 1. The predicted molar refractivity (Wildman–Crippen MR) is 56.9 cm³/mol. The Hall–Kier alpha value is -0.830. The zero-order chi connectivity index (χ0) is 10.2. The van der Waals surface area contributed by atoms with Crippen molar-refractivity contribution < 1.29 is 0 Å². The molecule has 1 heterocycles. The Bertz CT molecular complexity index is 308. The van der Waals surface area contributed by atoms with Crippen molar-refractivity contribution in [3.63, 3.8) is 0 Å². The van der Waals surface area contributed by atoms with Crippen molar-refractivity contribution in [3.8, 4) is 0 Å².